The number of fused-ring (bicyclic) bond motifs is 3. The Hall–Kier alpha value is -0.820. The predicted octanol–water partition coefficient (Wildman–Crippen LogP) is 2.94. The maximum absolute atomic E-state index is 9.50. The topological polar surface area (TPSA) is 20.2 Å². The molecule has 0 atom stereocenters. The third-order valence-electron chi connectivity index (χ3n) is 4.25. The Balaban J connectivity index is 2.17. The molecule has 0 aliphatic heterocycles. The first-order chi connectivity index (χ1) is 7.90. The number of aliphatic hydroxyl groups excluding tert-OH is 1. The first kappa shape index (κ1) is 10.3. The summed E-state index contributed by atoms with van der Waals surface area (Å²) in [7, 11) is 0. The van der Waals surface area contributed by atoms with Gasteiger partial charge in [-0.2, -0.15) is 0 Å². The normalized spacial score (nSPS) is 19.1. The summed E-state index contributed by atoms with van der Waals surface area (Å²) in [5, 5.41) is 9.50. The molecule has 0 saturated carbocycles. The third-order valence-corrected chi connectivity index (χ3v) is 4.25. The molecule has 0 spiro atoms. The molecule has 0 fully saturated rings. The molecule has 3 rings (SSSR count). The van der Waals surface area contributed by atoms with Crippen molar-refractivity contribution in [1.29, 1.82) is 0 Å². The van der Waals surface area contributed by atoms with Crippen molar-refractivity contribution in [2.45, 2.75) is 58.0 Å². The van der Waals surface area contributed by atoms with E-state index in [0.717, 1.165) is 0 Å². The van der Waals surface area contributed by atoms with Crippen molar-refractivity contribution >= 4 is 0 Å². The van der Waals surface area contributed by atoms with Crippen LogP contribution in [0.3, 0.4) is 0 Å². The smallest absolute Gasteiger partial charge is 0.0684 e. The molecule has 2 aliphatic carbocycles. The van der Waals surface area contributed by atoms with Gasteiger partial charge >= 0.3 is 0 Å². The zero-order valence-electron chi connectivity index (χ0n) is 9.89. The molecule has 0 heterocycles. The Kier molecular flexibility index (Phi) is 2.72. The van der Waals surface area contributed by atoms with Crippen molar-refractivity contribution in [2.24, 2.45) is 0 Å². The van der Waals surface area contributed by atoms with Gasteiger partial charge in [0.1, 0.15) is 0 Å². The van der Waals surface area contributed by atoms with Gasteiger partial charge in [-0.25, -0.2) is 0 Å². The van der Waals surface area contributed by atoms with Crippen LogP contribution in [0.25, 0.3) is 0 Å². The zero-order chi connectivity index (χ0) is 11.0. The molecular formula is C15H20O. The fraction of sp³-hybridized carbons (Fsp3) is 0.600. The molecule has 0 amide bonds. The molecular weight excluding hydrogens is 196 g/mol. The van der Waals surface area contributed by atoms with Crippen molar-refractivity contribution in [3.8, 4) is 0 Å². The van der Waals surface area contributed by atoms with Crippen LogP contribution in [0.4, 0.5) is 0 Å². The average Bonchev–Trinajstić information content (AvgIpc) is 2.38. The van der Waals surface area contributed by atoms with E-state index in [9.17, 15) is 5.11 Å². The van der Waals surface area contributed by atoms with Crippen LogP contribution in [0, 0.1) is 0 Å². The minimum atomic E-state index is 0.232. The van der Waals surface area contributed by atoms with Crippen molar-refractivity contribution in [2.75, 3.05) is 0 Å². The van der Waals surface area contributed by atoms with Crippen LogP contribution in [0.1, 0.15) is 53.5 Å². The summed E-state index contributed by atoms with van der Waals surface area (Å²) < 4.78 is 0. The van der Waals surface area contributed by atoms with Crippen LogP contribution < -0.4 is 0 Å². The summed E-state index contributed by atoms with van der Waals surface area (Å²) in [6.45, 7) is 0.232. The molecule has 1 N–H and O–H groups in total. The lowest BCUT2D eigenvalue weighted by atomic mass is 9.78. The SMILES string of the molecule is OCc1cc2c(c3c1CCCC3)CCCC2. The van der Waals surface area contributed by atoms with Gasteiger partial charge in [0, 0.05) is 0 Å². The summed E-state index contributed by atoms with van der Waals surface area (Å²) in [6, 6.07) is 2.29. The first-order valence-corrected chi connectivity index (χ1v) is 6.66. The van der Waals surface area contributed by atoms with Gasteiger partial charge in [-0.05, 0) is 79.2 Å². The van der Waals surface area contributed by atoms with E-state index < -0.39 is 0 Å². The molecule has 1 heteroatoms. The molecule has 0 bridgehead atoms. The molecule has 0 aromatic heterocycles. The van der Waals surface area contributed by atoms with E-state index in [1.54, 1.807) is 11.1 Å². The Morgan fingerprint density at radius 1 is 0.812 bits per heavy atom. The summed E-state index contributed by atoms with van der Waals surface area (Å²) in [5.41, 5.74) is 7.52. The van der Waals surface area contributed by atoms with Crippen LogP contribution in [-0.4, -0.2) is 5.11 Å². The predicted molar refractivity (Wildman–Crippen MR) is 65.6 cm³/mol. The van der Waals surface area contributed by atoms with Gasteiger partial charge in [0.15, 0.2) is 0 Å². The van der Waals surface area contributed by atoms with Gasteiger partial charge < -0.3 is 5.11 Å². The molecule has 16 heavy (non-hydrogen) atoms. The lowest BCUT2D eigenvalue weighted by Crippen LogP contribution is -2.15. The molecule has 1 nitrogen and oxygen atoms in total. The molecule has 1 aromatic rings. The van der Waals surface area contributed by atoms with Gasteiger partial charge in [-0.1, -0.05) is 6.07 Å². The van der Waals surface area contributed by atoms with Crippen LogP contribution >= 0.6 is 0 Å². The Bertz CT molecular complexity index is 384. The number of hydrogen-bond acceptors (Lipinski definition) is 1. The van der Waals surface area contributed by atoms with Crippen LogP contribution in [-0.2, 0) is 32.3 Å². The Morgan fingerprint density at radius 2 is 1.44 bits per heavy atom. The van der Waals surface area contributed by atoms with Crippen molar-refractivity contribution < 1.29 is 5.11 Å². The van der Waals surface area contributed by atoms with Crippen molar-refractivity contribution in [3.63, 3.8) is 0 Å². The molecule has 86 valence electrons. The maximum atomic E-state index is 9.50. The van der Waals surface area contributed by atoms with E-state index in [1.165, 1.54) is 68.1 Å². The highest BCUT2D eigenvalue weighted by Crippen LogP contribution is 2.34. The maximum Gasteiger partial charge on any atom is 0.0684 e. The molecule has 1 aromatic carbocycles. The van der Waals surface area contributed by atoms with Gasteiger partial charge in [-0.15, -0.1) is 0 Å². The summed E-state index contributed by atoms with van der Waals surface area (Å²) in [4.78, 5) is 0. The highest BCUT2D eigenvalue weighted by atomic mass is 16.3. The van der Waals surface area contributed by atoms with E-state index in [4.69, 9.17) is 0 Å². The lowest BCUT2D eigenvalue weighted by Gasteiger charge is -2.27. The van der Waals surface area contributed by atoms with E-state index in [-0.39, 0.29) is 6.61 Å². The van der Waals surface area contributed by atoms with Gasteiger partial charge in [-0.3, -0.25) is 0 Å². The van der Waals surface area contributed by atoms with E-state index in [0.29, 0.717) is 0 Å². The monoisotopic (exact) mass is 216 g/mol. The van der Waals surface area contributed by atoms with Gasteiger partial charge in [0.25, 0.3) is 0 Å². The van der Waals surface area contributed by atoms with Crippen LogP contribution in [0.15, 0.2) is 6.07 Å². The largest absolute Gasteiger partial charge is 0.392 e. The fourth-order valence-corrected chi connectivity index (χ4v) is 3.46. The molecule has 0 unspecified atom stereocenters. The van der Waals surface area contributed by atoms with Crippen molar-refractivity contribution in [3.05, 3.63) is 33.9 Å². The minimum absolute atomic E-state index is 0.232. The molecule has 2 aliphatic rings. The number of hydrogen-bond donors (Lipinski definition) is 1. The Morgan fingerprint density at radius 3 is 2.19 bits per heavy atom. The third kappa shape index (κ3) is 1.58. The van der Waals surface area contributed by atoms with E-state index in [2.05, 4.69) is 6.07 Å². The fourth-order valence-electron chi connectivity index (χ4n) is 3.46. The first-order valence-electron chi connectivity index (χ1n) is 6.66. The number of benzene rings is 1. The highest BCUT2D eigenvalue weighted by molar-refractivity contribution is 5.48. The highest BCUT2D eigenvalue weighted by Gasteiger charge is 2.21. The number of rotatable bonds is 1. The summed E-state index contributed by atoms with van der Waals surface area (Å²) in [6.07, 6.45) is 10.3. The molecule has 0 saturated heterocycles. The van der Waals surface area contributed by atoms with E-state index >= 15 is 0 Å². The second-order valence-corrected chi connectivity index (χ2v) is 5.20. The number of aliphatic hydroxyl groups is 1. The van der Waals surface area contributed by atoms with E-state index in [1.807, 2.05) is 0 Å². The quantitative estimate of drug-likeness (QED) is 0.765. The second kappa shape index (κ2) is 4.21. The number of aryl methyl sites for hydroxylation is 1. The summed E-state index contributed by atoms with van der Waals surface area (Å²) >= 11 is 0. The van der Waals surface area contributed by atoms with Gasteiger partial charge in [0.2, 0.25) is 0 Å². The minimum Gasteiger partial charge on any atom is -0.392 e. The second-order valence-electron chi connectivity index (χ2n) is 5.20. The van der Waals surface area contributed by atoms with Gasteiger partial charge in [0.05, 0.1) is 6.61 Å². The Labute approximate surface area is 97.5 Å². The lowest BCUT2D eigenvalue weighted by molar-refractivity contribution is 0.279. The average molecular weight is 216 g/mol. The van der Waals surface area contributed by atoms with Crippen molar-refractivity contribution in [1.82, 2.24) is 0 Å². The van der Waals surface area contributed by atoms with Crippen LogP contribution in [0.2, 0.25) is 0 Å². The zero-order valence-corrected chi connectivity index (χ0v) is 9.89. The summed E-state index contributed by atoms with van der Waals surface area (Å²) in [5.74, 6) is 0. The standard InChI is InChI=1S/C15H20O/c16-10-12-9-11-5-1-2-6-13(11)15-8-4-3-7-14(12)15/h9,16H,1-8,10H2. The van der Waals surface area contributed by atoms with Crippen LogP contribution in [0.5, 0.6) is 0 Å². The molecule has 0 radical (unpaired) electrons.